The van der Waals surface area contributed by atoms with E-state index in [9.17, 15) is 9.90 Å². The first-order chi connectivity index (χ1) is 17.9. The van der Waals surface area contributed by atoms with Crippen molar-refractivity contribution in [1.29, 1.82) is 0 Å². The molecule has 4 N–H and O–H groups in total. The van der Waals surface area contributed by atoms with E-state index in [1.807, 2.05) is 12.3 Å². The van der Waals surface area contributed by atoms with Gasteiger partial charge in [0.25, 0.3) is 5.56 Å². The summed E-state index contributed by atoms with van der Waals surface area (Å²) in [5.74, 6) is 1.37. The van der Waals surface area contributed by atoms with Gasteiger partial charge in [-0.25, -0.2) is 9.97 Å². The molecule has 190 valence electrons. The van der Waals surface area contributed by atoms with Gasteiger partial charge in [0.15, 0.2) is 17.2 Å². The maximum atomic E-state index is 13.3. The van der Waals surface area contributed by atoms with Gasteiger partial charge < -0.3 is 30.0 Å². The van der Waals surface area contributed by atoms with Gasteiger partial charge in [0, 0.05) is 31.8 Å². The van der Waals surface area contributed by atoms with Gasteiger partial charge in [-0.3, -0.25) is 9.78 Å². The Morgan fingerprint density at radius 3 is 2.73 bits per heavy atom. The number of anilines is 2. The van der Waals surface area contributed by atoms with Crippen LogP contribution in [0.4, 0.5) is 11.6 Å². The van der Waals surface area contributed by atoms with Crippen molar-refractivity contribution in [3.05, 3.63) is 69.9 Å². The summed E-state index contributed by atoms with van der Waals surface area (Å²) in [6.07, 6.45) is 12.4. The Balaban J connectivity index is 1.35. The molecule has 4 aromatic rings. The number of ether oxygens (including phenoxy) is 1. The van der Waals surface area contributed by atoms with Gasteiger partial charge in [-0.05, 0) is 43.2 Å². The van der Waals surface area contributed by atoms with Crippen molar-refractivity contribution in [3.63, 3.8) is 0 Å². The fraction of sp³-hybridized carbons (Fsp3) is 0.320. The standard InChI is InChI=1S/C25H25ClN8O3/c1-33-22-21(26)20(37-19(9-27)16-10-28-6-7-29-16)11-30-23(22)32-25(33)31-15-8-14(13-2-3-13)12-34(24(15)36)17-4-5-18(17)35/h6-13,17-18,35H,2-5,27H2,1H3,(H,30,31,32)/b19-9+/t17-,18-/m0/s1. The maximum absolute atomic E-state index is 13.3. The van der Waals surface area contributed by atoms with E-state index in [-0.39, 0.29) is 28.1 Å². The van der Waals surface area contributed by atoms with Crippen molar-refractivity contribution in [2.45, 2.75) is 43.7 Å². The lowest BCUT2D eigenvalue weighted by Gasteiger charge is -2.34. The highest BCUT2D eigenvalue weighted by Gasteiger charge is 2.33. The third-order valence-electron chi connectivity index (χ3n) is 6.91. The van der Waals surface area contributed by atoms with Crippen LogP contribution in [0.2, 0.25) is 5.02 Å². The number of fused-ring (bicyclic) bond motifs is 1. The van der Waals surface area contributed by atoms with Crippen molar-refractivity contribution < 1.29 is 9.84 Å². The predicted octanol–water partition coefficient (Wildman–Crippen LogP) is 3.23. The molecule has 2 saturated carbocycles. The van der Waals surface area contributed by atoms with E-state index in [4.69, 9.17) is 22.1 Å². The Bertz CT molecular complexity index is 1580. The summed E-state index contributed by atoms with van der Waals surface area (Å²) < 4.78 is 9.29. The molecule has 0 aromatic carbocycles. The smallest absolute Gasteiger partial charge is 0.274 e. The molecule has 0 bridgehead atoms. The molecule has 4 heterocycles. The summed E-state index contributed by atoms with van der Waals surface area (Å²) in [5, 5.41) is 13.7. The monoisotopic (exact) mass is 520 g/mol. The van der Waals surface area contributed by atoms with Crippen molar-refractivity contribution in [3.8, 4) is 5.75 Å². The molecule has 2 atom stereocenters. The summed E-state index contributed by atoms with van der Waals surface area (Å²) >= 11 is 6.72. The van der Waals surface area contributed by atoms with Gasteiger partial charge in [0.05, 0.1) is 24.5 Å². The maximum Gasteiger partial charge on any atom is 0.274 e. The van der Waals surface area contributed by atoms with Gasteiger partial charge in [-0.2, -0.15) is 4.98 Å². The second kappa shape index (κ2) is 9.16. The van der Waals surface area contributed by atoms with Crippen molar-refractivity contribution in [2.24, 2.45) is 12.8 Å². The van der Waals surface area contributed by atoms with Gasteiger partial charge in [-0.15, -0.1) is 0 Å². The molecule has 12 heteroatoms. The number of hydrogen-bond acceptors (Lipinski definition) is 9. The van der Waals surface area contributed by atoms with E-state index in [1.165, 1.54) is 24.8 Å². The number of hydrogen-bond donors (Lipinski definition) is 3. The van der Waals surface area contributed by atoms with Crippen molar-refractivity contribution >= 4 is 40.2 Å². The molecule has 6 rings (SSSR count). The number of rotatable bonds is 7. The van der Waals surface area contributed by atoms with E-state index >= 15 is 0 Å². The molecule has 11 nitrogen and oxygen atoms in total. The number of halogens is 1. The van der Waals surface area contributed by atoms with Crippen LogP contribution in [0.3, 0.4) is 0 Å². The van der Waals surface area contributed by atoms with E-state index in [0.717, 1.165) is 24.8 Å². The number of aliphatic hydroxyl groups is 1. The molecule has 2 aliphatic rings. The Labute approximate surface area is 216 Å². The Morgan fingerprint density at radius 2 is 2.08 bits per heavy atom. The summed E-state index contributed by atoms with van der Waals surface area (Å²) in [6.45, 7) is 0. The molecular weight excluding hydrogens is 496 g/mol. The number of aryl methyl sites for hydroxylation is 1. The first kappa shape index (κ1) is 23.4. The summed E-state index contributed by atoms with van der Waals surface area (Å²) in [6, 6.07) is 1.67. The molecule has 2 aliphatic carbocycles. The van der Waals surface area contributed by atoms with Crippen LogP contribution in [0, 0.1) is 0 Å². The second-order valence-electron chi connectivity index (χ2n) is 9.34. The summed E-state index contributed by atoms with van der Waals surface area (Å²) in [7, 11) is 1.77. The van der Waals surface area contributed by atoms with E-state index < -0.39 is 6.10 Å². The van der Waals surface area contributed by atoms with Gasteiger partial charge >= 0.3 is 0 Å². The molecule has 0 spiro atoms. The normalized spacial score (nSPS) is 19.6. The van der Waals surface area contributed by atoms with Crippen LogP contribution in [0.1, 0.15) is 48.9 Å². The summed E-state index contributed by atoms with van der Waals surface area (Å²) in [4.78, 5) is 30.5. The van der Waals surface area contributed by atoms with Crippen LogP contribution < -0.4 is 21.3 Å². The Morgan fingerprint density at radius 1 is 1.24 bits per heavy atom. The first-order valence-corrected chi connectivity index (χ1v) is 12.4. The van der Waals surface area contributed by atoms with Crippen molar-refractivity contribution in [2.75, 3.05) is 5.32 Å². The highest BCUT2D eigenvalue weighted by atomic mass is 35.5. The third kappa shape index (κ3) is 4.19. The molecule has 0 unspecified atom stereocenters. The largest absolute Gasteiger partial charge is 0.450 e. The Hall–Kier alpha value is -3.96. The third-order valence-corrected chi connectivity index (χ3v) is 7.28. The highest BCUT2D eigenvalue weighted by molar-refractivity contribution is 6.36. The minimum absolute atomic E-state index is 0.204. The Kier molecular flexibility index (Phi) is 5.81. The van der Waals surface area contributed by atoms with Gasteiger partial charge in [-0.1, -0.05) is 11.6 Å². The molecule has 0 radical (unpaired) electrons. The molecule has 0 amide bonds. The quantitative estimate of drug-likeness (QED) is 0.312. The molecule has 37 heavy (non-hydrogen) atoms. The van der Waals surface area contributed by atoms with Crippen LogP contribution in [0.15, 0.2) is 48.0 Å². The average molecular weight is 521 g/mol. The number of pyridine rings is 2. The van der Waals surface area contributed by atoms with E-state index in [2.05, 4.69) is 25.3 Å². The SMILES string of the molecule is Cn1c(Nc2cc(C3CC3)cn([C@H]3CC[C@@H]3O)c2=O)nc2ncc(O/C(=C/N)c3cnccn3)c(Cl)c21. The molecule has 2 fully saturated rings. The van der Waals surface area contributed by atoms with Crippen LogP contribution in [0.5, 0.6) is 5.75 Å². The lowest BCUT2D eigenvalue weighted by Crippen LogP contribution is -2.39. The number of nitrogens with one attached hydrogen (secondary N) is 1. The number of nitrogens with two attached hydrogens (primary N) is 1. The average Bonchev–Trinajstić information content (AvgIpc) is 3.70. The van der Waals surface area contributed by atoms with Crippen LogP contribution in [0.25, 0.3) is 16.9 Å². The minimum Gasteiger partial charge on any atom is -0.450 e. The summed E-state index contributed by atoms with van der Waals surface area (Å²) in [5.41, 5.74) is 8.36. The van der Waals surface area contributed by atoms with Crippen LogP contribution in [-0.2, 0) is 7.05 Å². The van der Waals surface area contributed by atoms with E-state index in [1.54, 1.807) is 22.4 Å². The number of nitrogens with zero attached hydrogens (tertiary/aromatic N) is 6. The first-order valence-electron chi connectivity index (χ1n) is 12.0. The van der Waals surface area contributed by atoms with Crippen LogP contribution >= 0.6 is 11.6 Å². The fourth-order valence-electron chi connectivity index (χ4n) is 4.52. The lowest BCUT2D eigenvalue weighted by atomic mass is 9.88. The van der Waals surface area contributed by atoms with Gasteiger partial charge in [0.2, 0.25) is 5.95 Å². The zero-order chi connectivity index (χ0) is 25.7. The predicted molar refractivity (Wildman–Crippen MR) is 139 cm³/mol. The minimum atomic E-state index is -0.508. The fourth-order valence-corrected chi connectivity index (χ4v) is 4.82. The van der Waals surface area contributed by atoms with Crippen LogP contribution in [-0.4, -0.2) is 40.3 Å². The number of imidazole rings is 1. The van der Waals surface area contributed by atoms with E-state index in [0.29, 0.717) is 40.8 Å². The second-order valence-corrected chi connectivity index (χ2v) is 9.72. The zero-order valence-corrected chi connectivity index (χ0v) is 20.8. The number of aromatic nitrogens is 6. The molecule has 0 aliphatic heterocycles. The molecular formula is C25H25ClN8O3. The highest BCUT2D eigenvalue weighted by Crippen LogP contribution is 2.42. The van der Waals surface area contributed by atoms with Crippen molar-refractivity contribution in [1.82, 2.24) is 29.1 Å². The molecule has 0 saturated heterocycles. The lowest BCUT2D eigenvalue weighted by molar-refractivity contribution is 0.0299. The topological polar surface area (TPSA) is 146 Å². The zero-order valence-electron chi connectivity index (χ0n) is 20.0. The molecule has 4 aromatic heterocycles. The number of aliphatic hydroxyl groups excluding tert-OH is 1. The van der Waals surface area contributed by atoms with Gasteiger partial charge in [0.1, 0.15) is 21.9 Å².